The van der Waals surface area contributed by atoms with Crippen molar-refractivity contribution in [1.82, 2.24) is 5.32 Å². The molecule has 6 nitrogen and oxygen atoms in total. The van der Waals surface area contributed by atoms with Gasteiger partial charge in [0.25, 0.3) is 11.6 Å². The second-order valence-electron chi connectivity index (χ2n) is 2.82. The number of nitro groups is 1. The monoisotopic (exact) mass is 209 g/mol. The Hall–Kier alpha value is -2.11. The maximum atomic E-state index is 11.4. The van der Waals surface area contributed by atoms with Gasteiger partial charge in [0.2, 0.25) is 0 Å². The smallest absolute Gasteiger partial charge is 0.271 e. The van der Waals surface area contributed by atoms with Gasteiger partial charge >= 0.3 is 0 Å². The minimum absolute atomic E-state index is 0.0491. The van der Waals surface area contributed by atoms with Crippen LogP contribution in [0.4, 0.5) is 11.4 Å². The van der Waals surface area contributed by atoms with Crippen LogP contribution < -0.4 is 10.6 Å². The molecule has 0 fully saturated rings. The van der Waals surface area contributed by atoms with Crippen LogP contribution in [0.5, 0.6) is 0 Å². The van der Waals surface area contributed by atoms with Crippen molar-refractivity contribution >= 4 is 17.3 Å². The molecule has 1 rings (SSSR count). The lowest BCUT2D eigenvalue weighted by Gasteiger charge is -2.06. The van der Waals surface area contributed by atoms with E-state index < -0.39 is 4.92 Å². The number of hydrogen-bond acceptors (Lipinski definition) is 4. The Morgan fingerprint density at radius 1 is 1.40 bits per heavy atom. The van der Waals surface area contributed by atoms with E-state index in [0.717, 1.165) is 0 Å². The van der Waals surface area contributed by atoms with Gasteiger partial charge < -0.3 is 10.6 Å². The first kappa shape index (κ1) is 11.0. The SMILES string of the molecule is CNC(=O)c1ccc([N+](=O)[O-])cc1NC. The van der Waals surface area contributed by atoms with E-state index in [0.29, 0.717) is 11.3 Å². The number of hydrogen-bond donors (Lipinski definition) is 2. The van der Waals surface area contributed by atoms with Crippen LogP contribution >= 0.6 is 0 Å². The maximum Gasteiger partial charge on any atom is 0.271 e. The number of anilines is 1. The van der Waals surface area contributed by atoms with Gasteiger partial charge in [0, 0.05) is 26.2 Å². The zero-order chi connectivity index (χ0) is 11.4. The number of non-ortho nitro benzene ring substituents is 1. The number of carbonyl (C=O) groups is 1. The largest absolute Gasteiger partial charge is 0.387 e. The minimum Gasteiger partial charge on any atom is -0.387 e. The Labute approximate surface area is 86.4 Å². The zero-order valence-electron chi connectivity index (χ0n) is 8.40. The first-order chi connectivity index (χ1) is 7.10. The highest BCUT2D eigenvalue weighted by atomic mass is 16.6. The molecule has 0 radical (unpaired) electrons. The molecule has 80 valence electrons. The van der Waals surface area contributed by atoms with Crippen molar-refractivity contribution < 1.29 is 9.72 Å². The summed E-state index contributed by atoms with van der Waals surface area (Å²) in [6.07, 6.45) is 0. The summed E-state index contributed by atoms with van der Waals surface area (Å²) in [6, 6.07) is 4.04. The quantitative estimate of drug-likeness (QED) is 0.574. The lowest BCUT2D eigenvalue weighted by Crippen LogP contribution is -2.19. The van der Waals surface area contributed by atoms with Crippen LogP contribution in [0.25, 0.3) is 0 Å². The molecule has 0 saturated carbocycles. The standard InChI is InChI=1S/C9H11N3O3/c1-10-8-5-6(12(14)15)3-4-7(8)9(13)11-2/h3-5,10H,1-2H3,(H,11,13). The molecular formula is C9H11N3O3. The predicted octanol–water partition coefficient (Wildman–Crippen LogP) is 0.996. The fourth-order valence-corrected chi connectivity index (χ4v) is 1.19. The Kier molecular flexibility index (Phi) is 3.22. The van der Waals surface area contributed by atoms with Gasteiger partial charge in [0.1, 0.15) is 0 Å². The molecule has 0 saturated heterocycles. The molecule has 0 atom stereocenters. The van der Waals surface area contributed by atoms with E-state index in [4.69, 9.17) is 0 Å². The fourth-order valence-electron chi connectivity index (χ4n) is 1.19. The highest BCUT2D eigenvalue weighted by Crippen LogP contribution is 2.21. The maximum absolute atomic E-state index is 11.4. The van der Waals surface area contributed by atoms with Crippen LogP contribution in [0.2, 0.25) is 0 Å². The van der Waals surface area contributed by atoms with Gasteiger partial charge in [0.05, 0.1) is 16.2 Å². The molecule has 0 aliphatic carbocycles. The lowest BCUT2D eigenvalue weighted by molar-refractivity contribution is -0.384. The third-order valence-corrected chi connectivity index (χ3v) is 1.95. The van der Waals surface area contributed by atoms with Crippen molar-refractivity contribution in [1.29, 1.82) is 0 Å². The third kappa shape index (κ3) is 2.22. The Bertz CT molecular complexity index is 404. The number of rotatable bonds is 3. The van der Waals surface area contributed by atoms with Gasteiger partial charge in [-0.3, -0.25) is 14.9 Å². The first-order valence-corrected chi connectivity index (χ1v) is 4.28. The number of benzene rings is 1. The molecule has 0 bridgehead atoms. The van der Waals surface area contributed by atoms with Crippen LogP contribution in [0.15, 0.2) is 18.2 Å². The Morgan fingerprint density at radius 3 is 2.53 bits per heavy atom. The van der Waals surface area contributed by atoms with Crippen LogP contribution in [0, 0.1) is 10.1 Å². The van der Waals surface area contributed by atoms with E-state index in [-0.39, 0.29) is 11.6 Å². The van der Waals surface area contributed by atoms with Gasteiger partial charge in [-0.05, 0) is 6.07 Å². The van der Waals surface area contributed by atoms with Crippen molar-refractivity contribution in [2.45, 2.75) is 0 Å². The molecule has 0 unspecified atom stereocenters. The number of nitro benzene ring substituents is 1. The topological polar surface area (TPSA) is 84.3 Å². The summed E-state index contributed by atoms with van der Waals surface area (Å²) < 4.78 is 0. The normalized spacial score (nSPS) is 9.47. The van der Waals surface area contributed by atoms with E-state index in [9.17, 15) is 14.9 Å². The molecule has 1 aromatic rings. The van der Waals surface area contributed by atoms with Crippen molar-refractivity contribution in [3.63, 3.8) is 0 Å². The van der Waals surface area contributed by atoms with Gasteiger partial charge in [0.15, 0.2) is 0 Å². The molecule has 1 aromatic carbocycles. The summed E-state index contributed by atoms with van der Waals surface area (Å²) in [6.45, 7) is 0. The second-order valence-corrected chi connectivity index (χ2v) is 2.82. The van der Waals surface area contributed by atoms with Crippen molar-refractivity contribution in [3.8, 4) is 0 Å². The molecule has 6 heteroatoms. The zero-order valence-corrected chi connectivity index (χ0v) is 8.40. The summed E-state index contributed by atoms with van der Waals surface area (Å²) in [5, 5.41) is 15.7. The Morgan fingerprint density at radius 2 is 2.07 bits per heavy atom. The number of carbonyl (C=O) groups excluding carboxylic acids is 1. The molecular weight excluding hydrogens is 198 g/mol. The predicted molar refractivity (Wildman–Crippen MR) is 56.0 cm³/mol. The van der Waals surface area contributed by atoms with Crippen LogP contribution in [0.3, 0.4) is 0 Å². The molecule has 0 aliphatic rings. The van der Waals surface area contributed by atoms with E-state index in [1.807, 2.05) is 0 Å². The lowest BCUT2D eigenvalue weighted by atomic mass is 10.1. The average molecular weight is 209 g/mol. The van der Waals surface area contributed by atoms with Crippen molar-refractivity contribution in [2.24, 2.45) is 0 Å². The third-order valence-electron chi connectivity index (χ3n) is 1.95. The first-order valence-electron chi connectivity index (χ1n) is 4.28. The minimum atomic E-state index is -0.505. The molecule has 2 N–H and O–H groups in total. The molecule has 0 heterocycles. The van der Waals surface area contributed by atoms with E-state index in [2.05, 4.69) is 10.6 Å². The molecule has 0 aromatic heterocycles. The number of amides is 1. The molecule has 0 spiro atoms. The van der Waals surface area contributed by atoms with Crippen molar-refractivity contribution in [3.05, 3.63) is 33.9 Å². The highest BCUT2D eigenvalue weighted by molar-refractivity contribution is 5.99. The van der Waals surface area contributed by atoms with Crippen molar-refractivity contribution in [2.75, 3.05) is 19.4 Å². The van der Waals surface area contributed by atoms with Gasteiger partial charge in [-0.2, -0.15) is 0 Å². The summed E-state index contributed by atoms with van der Waals surface area (Å²) in [5.41, 5.74) is 0.765. The van der Waals surface area contributed by atoms with Crippen LogP contribution in [0.1, 0.15) is 10.4 Å². The summed E-state index contributed by atoms with van der Waals surface area (Å²) >= 11 is 0. The fraction of sp³-hybridized carbons (Fsp3) is 0.222. The molecule has 1 amide bonds. The number of nitrogens with zero attached hydrogens (tertiary/aromatic N) is 1. The Balaban J connectivity index is 3.20. The van der Waals surface area contributed by atoms with Gasteiger partial charge in [-0.1, -0.05) is 0 Å². The summed E-state index contributed by atoms with van der Waals surface area (Å²) in [5.74, 6) is -0.283. The van der Waals surface area contributed by atoms with E-state index in [1.54, 1.807) is 7.05 Å². The molecule has 15 heavy (non-hydrogen) atoms. The molecule has 0 aliphatic heterocycles. The van der Waals surface area contributed by atoms with Crippen LogP contribution in [-0.2, 0) is 0 Å². The van der Waals surface area contributed by atoms with E-state index >= 15 is 0 Å². The summed E-state index contributed by atoms with van der Waals surface area (Å²) in [7, 11) is 3.11. The highest BCUT2D eigenvalue weighted by Gasteiger charge is 2.13. The summed E-state index contributed by atoms with van der Waals surface area (Å²) in [4.78, 5) is 21.3. The van der Waals surface area contributed by atoms with Gasteiger partial charge in [-0.15, -0.1) is 0 Å². The van der Waals surface area contributed by atoms with Crippen LogP contribution in [-0.4, -0.2) is 24.9 Å². The average Bonchev–Trinajstić information content (AvgIpc) is 2.27. The number of nitrogens with one attached hydrogen (secondary N) is 2. The second kappa shape index (κ2) is 4.41. The van der Waals surface area contributed by atoms with Gasteiger partial charge in [-0.25, -0.2) is 0 Å². The van der Waals surface area contributed by atoms with E-state index in [1.165, 1.54) is 25.2 Å².